The molecule has 0 spiro atoms. The third-order valence-corrected chi connectivity index (χ3v) is 17.1. The zero-order valence-corrected chi connectivity index (χ0v) is 48.2. The number of rotatable bonds is 38. The van der Waals surface area contributed by atoms with Gasteiger partial charge in [-0.2, -0.15) is 4.31 Å². The number of thioether (sulfide) groups is 1. The summed E-state index contributed by atoms with van der Waals surface area (Å²) in [7, 11) is -16.4. The minimum absolute atomic E-state index is 0.00774. The maximum Gasteiger partial charge on any atom is 0.481 e. The fourth-order valence-corrected chi connectivity index (χ4v) is 12.1. The van der Waals surface area contributed by atoms with E-state index < -0.39 is 103 Å². The molecule has 78 heavy (non-hydrogen) atoms. The van der Waals surface area contributed by atoms with Gasteiger partial charge >= 0.3 is 23.5 Å². The quantitative estimate of drug-likeness (QED) is 0.0332. The first-order chi connectivity index (χ1) is 36.7. The lowest BCUT2D eigenvalue weighted by atomic mass is 9.87. The fraction of sp³-hybridized carbons (Fsp3) is 0.826. The van der Waals surface area contributed by atoms with Crippen LogP contribution < -0.4 is 16.4 Å². The molecule has 32 heteroatoms. The number of unbranched alkanes of at least 4 members (excludes halogenated alkanes) is 13. The van der Waals surface area contributed by atoms with Crippen molar-refractivity contribution in [3.8, 4) is 0 Å². The summed E-state index contributed by atoms with van der Waals surface area (Å²) in [6.07, 6.45) is 8.27. The van der Waals surface area contributed by atoms with Crippen molar-refractivity contribution in [1.29, 1.82) is 0 Å². The highest BCUT2D eigenvalue weighted by atomic mass is 32.2. The summed E-state index contributed by atoms with van der Waals surface area (Å²) in [5.74, 6) is -1.07. The van der Waals surface area contributed by atoms with Crippen molar-refractivity contribution in [1.82, 2.24) is 30.2 Å². The monoisotopic (exact) mass is 1190 g/mol. The van der Waals surface area contributed by atoms with E-state index in [1.807, 2.05) is 6.92 Å². The van der Waals surface area contributed by atoms with Crippen LogP contribution in [0.1, 0.15) is 149 Å². The number of carbonyl (C=O) groups excluding carboxylic acids is 3. The number of carbonyl (C=O) groups is 3. The van der Waals surface area contributed by atoms with Crippen LogP contribution in [-0.2, 0) is 60.2 Å². The standard InChI is InChI=1S/C46H82N7O21P3S/c1-30(70-45-33(55)25-32(54)31(2)71-45)19-17-15-13-11-9-7-5-6-8-10-12-14-16-18-20-36(57)78-24-23-48-35(56)21-22-49-43(60)40(59)46(3,4)27-69-77(66,67)74-76(64,65)68-26-34-39(73-75(61,62)63)38(58)44(72-34)53-29-52-37-41(47)50-28-51-42(37)53/h28-34,38-40,44-45,54-55,58-59H,5-27H2,1-4H3,(H,48,56)(H,49,60)(H,64,65)(H,66,67)(H2,47,50,51)(H2,61,62,63)/t30-,31+,32-,33-,34-,38-,39-,40+,44-,45-/m1/s1. The molecular weight excluding hydrogens is 1110 g/mol. The number of amides is 2. The number of nitrogen functional groups attached to an aromatic ring is 1. The lowest BCUT2D eigenvalue weighted by Crippen LogP contribution is -2.48. The Morgan fingerprint density at radius 2 is 1.44 bits per heavy atom. The second-order valence-corrected chi connectivity index (χ2v) is 25.7. The summed E-state index contributed by atoms with van der Waals surface area (Å²) in [4.78, 5) is 88.7. The van der Waals surface area contributed by atoms with E-state index >= 15 is 0 Å². The molecule has 2 saturated heterocycles. The first kappa shape index (κ1) is 67.9. The lowest BCUT2D eigenvalue weighted by molar-refractivity contribution is -0.273. The normalized spacial score (nSPS) is 24.4. The number of hydrogen-bond acceptors (Lipinski definition) is 22. The van der Waals surface area contributed by atoms with E-state index in [-0.39, 0.29) is 60.2 Å². The predicted octanol–water partition coefficient (Wildman–Crippen LogP) is 4.17. The molecule has 0 aliphatic carbocycles. The SMILES string of the molecule is C[C@H](CCCCCCCCCCCCCCCCC(=O)SCCNC(=O)CCNC(=O)[C@H](O)C(C)(C)COP(=O)(O)OP(=O)(O)OC[C@H]1O[C@@H](n2cnc3c(N)ncnc32)[C@H](O)[C@@H]1OP(=O)(O)O)O[C@@H]1O[C@@H](C)[C@H](O)C[C@H]1O. The number of nitrogens with zero attached hydrogens (tertiary/aromatic N) is 4. The molecule has 28 nitrogen and oxygen atoms in total. The highest BCUT2D eigenvalue weighted by Gasteiger charge is 2.50. The molecule has 4 rings (SSSR count). The Bertz CT molecular complexity index is 2320. The second kappa shape index (κ2) is 32.9. The van der Waals surface area contributed by atoms with Crippen molar-refractivity contribution in [2.45, 2.75) is 205 Å². The van der Waals surface area contributed by atoms with Gasteiger partial charge in [-0.05, 0) is 26.7 Å². The number of aliphatic hydroxyl groups excluding tert-OH is 4. The van der Waals surface area contributed by atoms with Gasteiger partial charge in [0.05, 0.1) is 37.9 Å². The molecule has 4 heterocycles. The van der Waals surface area contributed by atoms with Crippen molar-refractivity contribution < 1.29 is 100 Å². The van der Waals surface area contributed by atoms with E-state index in [1.54, 1.807) is 6.92 Å². The van der Waals surface area contributed by atoms with Gasteiger partial charge in [-0.25, -0.2) is 28.6 Å². The van der Waals surface area contributed by atoms with Gasteiger partial charge in [0, 0.05) is 43.5 Å². The Balaban J connectivity index is 0.981. The van der Waals surface area contributed by atoms with E-state index in [2.05, 4.69) is 34.4 Å². The minimum atomic E-state index is -5.59. The highest BCUT2D eigenvalue weighted by Crippen LogP contribution is 2.61. The molecule has 2 aromatic heterocycles. The van der Waals surface area contributed by atoms with Gasteiger partial charge in [-0.15, -0.1) is 0 Å². The molecular formula is C46H82N7O21P3S. The number of phosphoric acid groups is 3. The molecule has 2 unspecified atom stereocenters. The van der Waals surface area contributed by atoms with Crippen molar-refractivity contribution in [2.75, 3.05) is 37.8 Å². The molecule has 0 aromatic carbocycles. The summed E-state index contributed by atoms with van der Waals surface area (Å²) >= 11 is 1.14. The van der Waals surface area contributed by atoms with Crippen molar-refractivity contribution in [2.24, 2.45) is 5.41 Å². The van der Waals surface area contributed by atoms with Gasteiger partial charge < -0.3 is 70.6 Å². The maximum atomic E-state index is 12.8. The van der Waals surface area contributed by atoms with Crippen LogP contribution in [0.2, 0.25) is 0 Å². The van der Waals surface area contributed by atoms with Gasteiger partial charge in [0.15, 0.2) is 29.1 Å². The molecule has 0 bridgehead atoms. The van der Waals surface area contributed by atoms with E-state index in [0.29, 0.717) is 12.2 Å². The number of hydrogen-bond donors (Lipinski definition) is 11. The summed E-state index contributed by atoms with van der Waals surface area (Å²) < 4.78 is 74.0. The highest BCUT2D eigenvalue weighted by molar-refractivity contribution is 8.13. The van der Waals surface area contributed by atoms with Crippen LogP contribution >= 0.6 is 35.2 Å². The van der Waals surface area contributed by atoms with Crippen LogP contribution in [0.25, 0.3) is 11.2 Å². The third-order valence-electron chi connectivity index (χ3n) is 13.1. The predicted molar refractivity (Wildman–Crippen MR) is 282 cm³/mol. The van der Waals surface area contributed by atoms with Crippen LogP contribution in [0.4, 0.5) is 5.82 Å². The Hall–Kier alpha value is -2.60. The van der Waals surface area contributed by atoms with Gasteiger partial charge in [-0.3, -0.25) is 32.5 Å². The van der Waals surface area contributed by atoms with E-state index in [4.69, 9.17) is 29.0 Å². The topological polar surface area (TPSA) is 423 Å². The average Bonchev–Trinajstić information content (AvgIpc) is 3.99. The Labute approximate surface area is 458 Å². The van der Waals surface area contributed by atoms with Crippen LogP contribution in [0, 0.1) is 5.41 Å². The fourth-order valence-electron chi connectivity index (χ4n) is 8.55. The molecule has 2 fully saturated rings. The van der Waals surface area contributed by atoms with Crippen LogP contribution in [0.3, 0.4) is 0 Å². The molecule has 12 atom stereocenters. The van der Waals surface area contributed by atoms with Gasteiger partial charge in [0.1, 0.15) is 42.4 Å². The second-order valence-electron chi connectivity index (χ2n) is 20.3. The smallest absolute Gasteiger partial charge is 0.390 e. The van der Waals surface area contributed by atoms with Crippen molar-refractivity contribution >= 4 is 69.1 Å². The Morgan fingerprint density at radius 1 is 0.833 bits per heavy atom. The summed E-state index contributed by atoms with van der Waals surface area (Å²) in [6.45, 7) is 4.30. The first-order valence-electron chi connectivity index (χ1n) is 26.4. The number of phosphoric ester groups is 3. The molecule has 2 amide bonds. The largest absolute Gasteiger partial charge is 0.481 e. The zero-order chi connectivity index (χ0) is 57.7. The first-order valence-corrected chi connectivity index (χ1v) is 31.9. The molecule has 0 radical (unpaired) electrons. The van der Waals surface area contributed by atoms with Crippen molar-refractivity contribution in [3.05, 3.63) is 12.7 Å². The maximum absolute atomic E-state index is 12.8. The number of aliphatic hydroxyl groups is 4. The van der Waals surface area contributed by atoms with Crippen molar-refractivity contribution in [3.63, 3.8) is 0 Å². The molecule has 0 saturated carbocycles. The van der Waals surface area contributed by atoms with E-state index in [0.717, 1.165) is 73.9 Å². The average molecular weight is 1190 g/mol. The number of aromatic nitrogens is 4. The van der Waals surface area contributed by atoms with Gasteiger partial charge in [0.2, 0.25) is 11.8 Å². The molecule has 2 aliphatic rings. The van der Waals surface area contributed by atoms with E-state index in [1.165, 1.54) is 65.2 Å². The number of imidazole rings is 1. The Morgan fingerprint density at radius 3 is 2.06 bits per heavy atom. The summed E-state index contributed by atoms with van der Waals surface area (Å²) in [5, 5.41) is 46.6. The van der Waals surface area contributed by atoms with Gasteiger partial charge in [-0.1, -0.05) is 109 Å². The molecule has 448 valence electrons. The molecule has 2 aromatic rings. The van der Waals surface area contributed by atoms with Crippen LogP contribution in [-0.4, -0.2) is 164 Å². The summed E-state index contributed by atoms with van der Waals surface area (Å²) in [6, 6.07) is 0. The summed E-state index contributed by atoms with van der Waals surface area (Å²) in [5.41, 5.74) is 4.27. The Kier molecular flexibility index (Phi) is 28.6. The van der Waals surface area contributed by atoms with E-state index in [9.17, 15) is 68.1 Å². The number of nitrogens with one attached hydrogen (secondary N) is 2. The molecule has 2 aliphatic heterocycles. The van der Waals surface area contributed by atoms with Gasteiger partial charge in [0.25, 0.3) is 0 Å². The third kappa shape index (κ3) is 24.1. The zero-order valence-electron chi connectivity index (χ0n) is 44.7. The number of anilines is 1. The number of nitrogens with two attached hydrogens (primary N) is 1. The molecule has 12 N–H and O–H groups in total. The minimum Gasteiger partial charge on any atom is -0.390 e. The number of ether oxygens (including phenoxy) is 3. The lowest BCUT2D eigenvalue weighted by Gasteiger charge is -2.36. The number of fused-ring (bicyclic) bond motifs is 1. The van der Waals surface area contributed by atoms with Crippen LogP contribution in [0.5, 0.6) is 0 Å². The van der Waals surface area contributed by atoms with Crippen LogP contribution in [0.15, 0.2) is 12.7 Å².